The van der Waals surface area contributed by atoms with E-state index in [1.54, 1.807) is 18.2 Å². The maximum Gasteiger partial charge on any atom is 0.188 e. The fraction of sp³-hybridized carbons (Fsp3) is 0. The molecule has 1 heterocycles. The van der Waals surface area contributed by atoms with E-state index in [-0.39, 0.29) is 11.6 Å². The van der Waals surface area contributed by atoms with Crippen LogP contribution in [-0.2, 0) is 0 Å². The van der Waals surface area contributed by atoms with Crippen molar-refractivity contribution >= 4 is 16.7 Å². The first-order valence-electron chi connectivity index (χ1n) is 4.29. The zero-order valence-electron chi connectivity index (χ0n) is 7.75. The number of rotatable bonds is 1. The smallest absolute Gasteiger partial charge is 0.188 e. The molecule has 4 N–H and O–H groups in total. The Labute approximate surface area is 85.5 Å². The highest BCUT2D eigenvalue weighted by molar-refractivity contribution is 5.98. The molecule has 0 aliphatic heterocycles. The molecule has 5 nitrogen and oxygen atoms in total. The first-order valence-corrected chi connectivity index (χ1v) is 4.29. The van der Waals surface area contributed by atoms with Gasteiger partial charge < -0.3 is 16.0 Å². The van der Waals surface area contributed by atoms with E-state index in [1.165, 1.54) is 6.07 Å². The van der Waals surface area contributed by atoms with Gasteiger partial charge in [0.1, 0.15) is 17.0 Å². The summed E-state index contributed by atoms with van der Waals surface area (Å²) in [7, 11) is 0. The van der Waals surface area contributed by atoms with Crippen LogP contribution in [-0.4, -0.2) is 21.1 Å². The summed E-state index contributed by atoms with van der Waals surface area (Å²) in [6.07, 6.45) is 0. The number of hydrogen-bond acceptors (Lipinski definition) is 4. The quantitative estimate of drug-likeness (QED) is 0.279. The van der Waals surface area contributed by atoms with Gasteiger partial charge in [0.25, 0.3) is 0 Å². The molecule has 0 saturated carbocycles. The highest BCUT2D eigenvalue weighted by atomic mass is 16.4. The number of nitrogens with zero attached hydrogens (tertiary/aromatic N) is 2. The van der Waals surface area contributed by atoms with E-state index in [9.17, 15) is 5.11 Å². The second kappa shape index (κ2) is 3.45. The zero-order chi connectivity index (χ0) is 10.8. The second-order valence-electron chi connectivity index (χ2n) is 3.03. The van der Waals surface area contributed by atoms with Crippen LogP contribution in [0.1, 0.15) is 5.69 Å². The molecular formula is C10H9N3O2. The Hall–Kier alpha value is -2.30. The molecule has 0 radical (unpaired) electrons. The summed E-state index contributed by atoms with van der Waals surface area (Å²) in [6.45, 7) is 0. The highest BCUT2D eigenvalue weighted by Gasteiger charge is 2.05. The van der Waals surface area contributed by atoms with Crippen molar-refractivity contribution in [2.75, 3.05) is 0 Å². The van der Waals surface area contributed by atoms with E-state index in [2.05, 4.69) is 10.1 Å². The number of hydrogen-bond donors (Lipinski definition) is 3. The van der Waals surface area contributed by atoms with Gasteiger partial charge in [0.2, 0.25) is 0 Å². The average Bonchev–Trinajstić information content (AvgIpc) is 2.28. The minimum Gasteiger partial charge on any atom is -0.506 e. The Morgan fingerprint density at radius 3 is 2.80 bits per heavy atom. The predicted molar refractivity (Wildman–Crippen MR) is 55.9 cm³/mol. The van der Waals surface area contributed by atoms with Crippen molar-refractivity contribution in [3.8, 4) is 5.75 Å². The van der Waals surface area contributed by atoms with Gasteiger partial charge in [-0.25, -0.2) is 4.98 Å². The number of fused-ring (bicyclic) bond motifs is 1. The molecule has 15 heavy (non-hydrogen) atoms. The lowest BCUT2D eigenvalue weighted by atomic mass is 10.2. The van der Waals surface area contributed by atoms with Gasteiger partial charge >= 0.3 is 0 Å². The highest BCUT2D eigenvalue weighted by Crippen LogP contribution is 2.22. The largest absolute Gasteiger partial charge is 0.506 e. The number of amidine groups is 1. The molecule has 0 atom stereocenters. The second-order valence-corrected chi connectivity index (χ2v) is 3.03. The van der Waals surface area contributed by atoms with Crippen LogP contribution in [0.3, 0.4) is 0 Å². The molecule has 0 unspecified atom stereocenters. The molecule has 0 aliphatic carbocycles. The zero-order valence-corrected chi connectivity index (χ0v) is 7.75. The first-order chi connectivity index (χ1) is 7.22. The fourth-order valence-electron chi connectivity index (χ4n) is 1.33. The molecule has 1 aromatic carbocycles. The average molecular weight is 203 g/mol. The molecule has 5 heteroatoms. The molecule has 0 bridgehead atoms. The van der Waals surface area contributed by atoms with Crippen molar-refractivity contribution in [2.45, 2.75) is 0 Å². The topological polar surface area (TPSA) is 91.7 Å². The van der Waals surface area contributed by atoms with Crippen molar-refractivity contribution in [2.24, 2.45) is 10.9 Å². The number of oxime groups is 1. The van der Waals surface area contributed by atoms with Gasteiger partial charge in [-0.1, -0.05) is 23.4 Å². The molecule has 0 spiro atoms. The first kappa shape index (κ1) is 9.26. The Kier molecular flexibility index (Phi) is 2.13. The number of para-hydroxylation sites is 1. The summed E-state index contributed by atoms with van der Waals surface area (Å²) in [6, 6.07) is 8.44. The minimum absolute atomic E-state index is 0.0695. The number of pyridine rings is 1. The third-order valence-electron chi connectivity index (χ3n) is 2.07. The summed E-state index contributed by atoms with van der Waals surface area (Å²) in [5.74, 6) is -0.0137. The monoisotopic (exact) mass is 203 g/mol. The third-order valence-corrected chi connectivity index (χ3v) is 2.07. The van der Waals surface area contributed by atoms with Crippen LogP contribution >= 0.6 is 0 Å². The SMILES string of the molecule is NC(=NO)c1ccc2cccc(O)c2n1. The number of phenolic OH excluding ortho intramolecular Hbond substituents is 1. The van der Waals surface area contributed by atoms with Crippen molar-refractivity contribution in [1.29, 1.82) is 0 Å². The Balaban J connectivity index is 2.70. The van der Waals surface area contributed by atoms with E-state index in [0.29, 0.717) is 11.2 Å². The number of nitrogens with two attached hydrogens (primary N) is 1. The van der Waals surface area contributed by atoms with Crippen LogP contribution in [0.15, 0.2) is 35.5 Å². The van der Waals surface area contributed by atoms with Crippen LogP contribution in [0.5, 0.6) is 5.75 Å². The number of aromatic hydroxyl groups is 1. The summed E-state index contributed by atoms with van der Waals surface area (Å²) in [5.41, 5.74) is 6.15. The molecule has 0 fully saturated rings. The summed E-state index contributed by atoms with van der Waals surface area (Å²) < 4.78 is 0. The molecule has 1 aromatic heterocycles. The Bertz CT molecular complexity index is 537. The van der Waals surface area contributed by atoms with E-state index in [4.69, 9.17) is 10.9 Å². The van der Waals surface area contributed by atoms with Crippen molar-refractivity contribution in [1.82, 2.24) is 4.98 Å². The van der Waals surface area contributed by atoms with Crippen LogP contribution in [0.2, 0.25) is 0 Å². The number of benzene rings is 1. The lowest BCUT2D eigenvalue weighted by molar-refractivity contribution is 0.318. The fourth-order valence-corrected chi connectivity index (χ4v) is 1.33. The van der Waals surface area contributed by atoms with Crippen LogP contribution in [0, 0.1) is 0 Å². The Morgan fingerprint density at radius 1 is 1.27 bits per heavy atom. The van der Waals surface area contributed by atoms with Crippen molar-refractivity contribution in [3.05, 3.63) is 36.0 Å². The van der Waals surface area contributed by atoms with E-state index in [0.717, 1.165) is 5.39 Å². The van der Waals surface area contributed by atoms with Crippen LogP contribution < -0.4 is 5.73 Å². The van der Waals surface area contributed by atoms with Crippen LogP contribution in [0.25, 0.3) is 10.9 Å². The van der Waals surface area contributed by atoms with Gasteiger partial charge in [0, 0.05) is 5.39 Å². The Morgan fingerprint density at radius 2 is 2.07 bits per heavy atom. The lowest BCUT2D eigenvalue weighted by Crippen LogP contribution is -2.14. The number of phenols is 1. The van der Waals surface area contributed by atoms with Crippen molar-refractivity contribution in [3.63, 3.8) is 0 Å². The van der Waals surface area contributed by atoms with Gasteiger partial charge in [0.15, 0.2) is 5.84 Å². The van der Waals surface area contributed by atoms with Gasteiger partial charge in [-0.15, -0.1) is 0 Å². The minimum atomic E-state index is -0.0832. The van der Waals surface area contributed by atoms with E-state index in [1.807, 2.05) is 6.07 Å². The summed E-state index contributed by atoms with van der Waals surface area (Å²) >= 11 is 0. The molecule has 2 aromatic rings. The molecule has 0 amide bonds. The van der Waals surface area contributed by atoms with Gasteiger partial charge in [-0.05, 0) is 12.1 Å². The van der Waals surface area contributed by atoms with Gasteiger partial charge in [-0.2, -0.15) is 0 Å². The molecular weight excluding hydrogens is 194 g/mol. The normalized spacial score (nSPS) is 11.9. The lowest BCUT2D eigenvalue weighted by Gasteiger charge is -2.02. The molecule has 0 saturated heterocycles. The maximum absolute atomic E-state index is 9.54. The number of aromatic nitrogens is 1. The maximum atomic E-state index is 9.54. The van der Waals surface area contributed by atoms with E-state index >= 15 is 0 Å². The van der Waals surface area contributed by atoms with Crippen LogP contribution in [0.4, 0.5) is 0 Å². The summed E-state index contributed by atoms with van der Waals surface area (Å²) in [4.78, 5) is 4.08. The standard InChI is InChI=1S/C10H9N3O2/c11-10(13-15)7-5-4-6-2-1-3-8(14)9(6)12-7/h1-5,14-15H,(H2,11,13). The molecule has 2 rings (SSSR count). The van der Waals surface area contributed by atoms with Gasteiger partial charge in [0.05, 0.1) is 0 Å². The predicted octanol–water partition coefficient (Wildman–Crippen LogP) is 1.03. The van der Waals surface area contributed by atoms with Gasteiger partial charge in [-0.3, -0.25) is 0 Å². The van der Waals surface area contributed by atoms with Crippen molar-refractivity contribution < 1.29 is 10.3 Å². The molecule has 0 aliphatic rings. The summed E-state index contributed by atoms with van der Waals surface area (Å²) in [5, 5.41) is 21.7. The van der Waals surface area contributed by atoms with E-state index < -0.39 is 0 Å². The third kappa shape index (κ3) is 1.54. The molecule has 76 valence electrons.